The molecule has 7 nitrogen and oxygen atoms in total. The number of para-hydroxylation sites is 2. The van der Waals surface area contributed by atoms with Crippen molar-refractivity contribution in [1.29, 1.82) is 0 Å². The van der Waals surface area contributed by atoms with E-state index >= 15 is 0 Å². The zero-order valence-corrected chi connectivity index (χ0v) is 18.8. The molecule has 5 rings (SSSR count). The summed E-state index contributed by atoms with van der Waals surface area (Å²) in [6.45, 7) is 0.698. The van der Waals surface area contributed by atoms with Gasteiger partial charge in [0.1, 0.15) is 0 Å². The van der Waals surface area contributed by atoms with Gasteiger partial charge in [-0.2, -0.15) is 5.10 Å². The van der Waals surface area contributed by atoms with E-state index in [1.807, 2.05) is 36.5 Å². The van der Waals surface area contributed by atoms with Crippen molar-refractivity contribution in [1.82, 2.24) is 9.99 Å². The van der Waals surface area contributed by atoms with Gasteiger partial charge in [-0.05, 0) is 28.5 Å². The quantitative estimate of drug-likeness (QED) is 0.198. The molecule has 0 saturated heterocycles. The highest BCUT2D eigenvalue weighted by Gasteiger charge is 2.15. The van der Waals surface area contributed by atoms with Crippen molar-refractivity contribution in [2.75, 3.05) is 0 Å². The Morgan fingerprint density at radius 1 is 0.943 bits per heavy atom. The molecule has 35 heavy (non-hydrogen) atoms. The minimum atomic E-state index is -0.490. The number of hydrazone groups is 1. The Morgan fingerprint density at radius 2 is 1.69 bits per heavy atom. The fraction of sp³-hybridized carbons (Fsp3) is 0.0714. The predicted molar refractivity (Wildman–Crippen MR) is 138 cm³/mol. The zero-order valence-electron chi connectivity index (χ0n) is 18.8. The molecule has 0 atom stereocenters. The average Bonchev–Trinajstić information content (AvgIpc) is 3.21. The lowest BCUT2D eigenvalue weighted by molar-refractivity contribution is -0.385. The van der Waals surface area contributed by atoms with Gasteiger partial charge in [0.15, 0.2) is 0 Å². The molecule has 0 spiro atoms. The largest absolute Gasteiger partial charge is 0.342 e. The lowest BCUT2D eigenvalue weighted by Gasteiger charge is -2.07. The van der Waals surface area contributed by atoms with Crippen LogP contribution >= 0.6 is 0 Å². The second-order valence-electron chi connectivity index (χ2n) is 8.27. The maximum Gasteiger partial charge on any atom is 0.273 e. The number of nitro benzene ring substituents is 1. The van der Waals surface area contributed by atoms with Crippen LogP contribution in [0, 0.1) is 10.1 Å². The van der Waals surface area contributed by atoms with E-state index in [9.17, 15) is 14.9 Å². The van der Waals surface area contributed by atoms with Crippen molar-refractivity contribution in [2.24, 2.45) is 5.10 Å². The van der Waals surface area contributed by atoms with Crippen molar-refractivity contribution in [3.8, 4) is 0 Å². The smallest absolute Gasteiger partial charge is 0.273 e. The van der Waals surface area contributed by atoms with E-state index in [0.717, 1.165) is 16.5 Å². The summed E-state index contributed by atoms with van der Waals surface area (Å²) >= 11 is 0. The van der Waals surface area contributed by atoms with E-state index in [2.05, 4.69) is 51.5 Å². The number of nitrogens with zero attached hydrogens (tertiary/aromatic N) is 3. The van der Waals surface area contributed by atoms with Crippen LogP contribution in [0.4, 0.5) is 5.69 Å². The van der Waals surface area contributed by atoms with Crippen molar-refractivity contribution in [3.05, 3.63) is 124 Å². The number of fused-ring (bicyclic) bond motifs is 2. The van der Waals surface area contributed by atoms with E-state index in [1.54, 1.807) is 24.4 Å². The third kappa shape index (κ3) is 4.79. The summed E-state index contributed by atoms with van der Waals surface area (Å²) in [4.78, 5) is 23.0. The Bertz CT molecular complexity index is 1590. The van der Waals surface area contributed by atoms with E-state index < -0.39 is 10.8 Å². The van der Waals surface area contributed by atoms with Crippen molar-refractivity contribution in [3.63, 3.8) is 0 Å². The maximum atomic E-state index is 12.3. The van der Waals surface area contributed by atoms with Gasteiger partial charge in [-0.25, -0.2) is 5.43 Å². The van der Waals surface area contributed by atoms with Crippen molar-refractivity contribution < 1.29 is 9.72 Å². The fourth-order valence-corrected chi connectivity index (χ4v) is 4.27. The van der Waals surface area contributed by atoms with E-state index in [-0.39, 0.29) is 12.1 Å². The molecule has 0 aliphatic rings. The first-order valence-electron chi connectivity index (χ1n) is 11.2. The van der Waals surface area contributed by atoms with Crippen LogP contribution in [-0.2, 0) is 17.8 Å². The number of rotatable bonds is 7. The van der Waals surface area contributed by atoms with Gasteiger partial charge >= 0.3 is 0 Å². The lowest BCUT2D eigenvalue weighted by Crippen LogP contribution is -2.20. The number of benzene rings is 4. The SMILES string of the molecule is O=C(Cc1ccccc1[N+](=O)[O-])NN=Cc1cn(Cc2ccc3ccccc3c2)c2ccccc12. The normalized spacial score (nSPS) is 11.3. The molecule has 5 aromatic rings. The predicted octanol–water partition coefficient (Wildman–Crippen LogP) is 5.44. The van der Waals surface area contributed by atoms with Gasteiger partial charge in [-0.3, -0.25) is 14.9 Å². The topological polar surface area (TPSA) is 89.5 Å². The van der Waals surface area contributed by atoms with Crippen molar-refractivity contribution >= 4 is 39.5 Å². The Labute approximate surface area is 201 Å². The minimum Gasteiger partial charge on any atom is -0.342 e. The van der Waals surface area contributed by atoms with E-state index in [4.69, 9.17) is 0 Å². The lowest BCUT2D eigenvalue weighted by atomic mass is 10.1. The number of nitrogens with one attached hydrogen (secondary N) is 1. The maximum absolute atomic E-state index is 12.3. The molecule has 1 heterocycles. The minimum absolute atomic E-state index is 0.0802. The summed E-state index contributed by atoms with van der Waals surface area (Å²) in [6, 6.07) is 29.0. The van der Waals surface area contributed by atoms with Gasteiger partial charge in [-0.15, -0.1) is 0 Å². The molecular weight excluding hydrogens is 440 g/mol. The summed E-state index contributed by atoms with van der Waals surface area (Å²) in [7, 11) is 0. The van der Waals surface area contributed by atoms with Gasteiger partial charge in [0.2, 0.25) is 5.91 Å². The first-order valence-corrected chi connectivity index (χ1v) is 11.2. The van der Waals surface area contributed by atoms with Gasteiger partial charge in [-0.1, -0.05) is 72.8 Å². The van der Waals surface area contributed by atoms with Gasteiger partial charge in [0.25, 0.3) is 5.69 Å². The summed E-state index contributed by atoms with van der Waals surface area (Å²) in [5.74, 6) is -0.421. The number of hydrogen-bond donors (Lipinski definition) is 1. The Morgan fingerprint density at radius 3 is 2.54 bits per heavy atom. The Balaban J connectivity index is 1.34. The molecule has 0 radical (unpaired) electrons. The molecule has 0 saturated carbocycles. The van der Waals surface area contributed by atoms with Crippen LogP contribution in [0.25, 0.3) is 21.7 Å². The Hall–Kier alpha value is -4.78. The van der Waals surface area contributed by atoms with Crippen LogP contribution in [0.5, 0.6) is 0 Å². The molecule has 0 aliphatic carbocycles. The highest BCUT2D eigenvalue weighted by molar-refractivity contribution is 5.99. The van der Waals surface area contributed by atoms with Crippen LogP contribution in [0.15, 0.2) is 102 Å². The van der Waals surface area contributed by atoms with Crippen LogP contribution in [0.2, 0.25) is 0 Å². The number of carbonyl (C=O) groups is 1. The number of carbonyl (C=O) groups excluding carboxylic acids is 1. The summed E-state index contributed by atoms with van der Waals surface area (Å²) in [5, 5.41) is 18.7. The highest BCUT2D eigenvalue weighted by atomic mass is 16.6. The van der Waals surface area contributed by atoms with Crippen LogP contribution < -0.4 is 5.43 Å². The molecular formula is C28H22N4O3. The van der Waals surface area contributed by atoms with Crippen LogP contribution in [0.3, 0.4) is 0 Å². The zero-order chi connectivity index (χ0) is 24.2. The summed E-state index contributed by atoms with van der Waals surface area (Å²) < 4.78 is 2.16. The van der Waals surface area contributed by atoms with Crippen LogP contribution in [-0.4, -0.2) is 21.6 Å². The van der Waals surface area contributed by atoms with Gasteiger partial charge in [0, 0.05) is 40.8 Å². The number of nitro groups is 1. The number of aromatic nitrogens is 1. The second-order valence-corrected chi connectivity index (χ2v) is 8.27. The van der Waals surface area contributed by atoms with Gasteiger partial charge in [0.05, 0.1) is 17.6 Å². The third-order valence-corrected chi connectivity index (χ3v) is 5.92. The van der Waals surface area contributed by atoms with Crippen LogP contribution in [0.1, 0.15) is 16.7 Å². The summed E-state index contributed by atoms with van der Waals surface area (Å²) in [5.41, 5.74) is 5.87. The first kappa shape index (κ1) is 22.0. The molecule has 0 fully saturated rings. The van der Waals surface area contributed by atoms with Crippen molar-refractivity contribution in [2.45, 2.75) is 13.0 Å². The average molecular weight is 463 g/mol. The standard InChI is InChI=1S/C28H22N4O3/c33-28(16-23-9-3-5-11-26(23)32(34)35)30-29-17-24-19-31(27-12-6-4-10-25(24)27)18-20-13-14-21-7-1-2-8-22(21)15-20/h1-15,17,19H,16,18H2,(H,30,33). The summed E-state index contributed by atoms with van der Waals surface area (Å²) in [6.07, 6.45) is 3.49. The molecule has 1 N–H and O–H groups in total. The molecule has 0 aliphatic heterocycles. The molecule has 4 aromatic carbocycles. The molecule has 0 unspecified atom stereocenters. The number of amides is 1. The van der Waals surface area contributed by atoms with E-state index in [1.165, 1.54) is 22.4 Å². The second kappa shape index (κ2) is 9.61. The first-order chi connectivity index (χ1) is 17.1. The fourth-order valence-electron chi connectivity index (χ4n) is 4.27. The molecule has 0 bridgehead atoms. The van der Waals surface area contributed by atoms with E-state index in [0.29, 0.717) is 12.1 Å². The Kier molecular flexibility index (Phi) is 6.05. The molecule has 1 aromatic heterocycles. The van der Waals surface area contributed by atoms with Gasteiger partial charge < -0.3 is 4.57 Å². The molecule has 7 heteroatoms. The monoisotopic (exact) mass is 462 g/mol. The number of hydrogen-bond acceptors (Lipinski definition) is 4. The molecule has 172 valence electrons. The third-order valence-electron chi connectivity index (χ3n) is 5.92. The highest BCUT2D eigenvalue weighted by Crippen LogP contribution is 2.23. The molecule has 1 amide bonds.